The van der Waals surface area contributed by atoms with Gasteiger partial charge in [0.15, 0.2) is 6.10 Å². The summed E-state index contributed by atoms with van der Waals surface area (Å²) in [6, 6.07) is -3.30. The fourth-order valence-corrected chi connectivity index (χ4v) is 7.31. The van der Waals surface area contributed by atoms with Gasteiger partial charge in [-0.1, -0.05) is 73.6 Å². The van der Waals surface area contributed by atoms with E-state index in [4.69, 9.17) is 4.74 Å². The van der Waals surface area contributed by atoms with E-state index in [0.717, 1.165) is 37.0 Å². The van der Waals surface area contributed by atoms with E-state index >= 15 is 0 Å². The van der Waals surface area contributed by atoms with Crippen LogP contribution in [0.5, 0.6) is 0 Å². The third-order valence-electron chi connectivity index (χ3n) is 11.0. The van der Waals surface area contributed by atoms with Crippen molar-refractivity contribution < 1.29 is 38.3 Å². The van der Waals surface area contributed by atoms with Crippen LogP contribution in [-0.4, -0.2) is 120 Å². The monoisotopic (exact) mass is 788 g/mol. The van der Waals surface area contributed by atoms with Crippen LogP contribution < -0.4 is 16.0 Å². The molecular formula is C41H69N7O8. The summed E-state index contributed by atoms with van der Waals surface area (Å²) in [6.07, 6.45) is 4.86. The Morgan fingerprint density at radius 3 is 1.86 bits per heavy atom. The van der Waals surface area contributed by atoms with Gasteiger partial charge in [0.2, 0.25) is 29.5 Å². The molecule has 2 aliphatic rings. The second-order valence-electron chi connectivity index (χ2n) is 17.0. The lowest BCUT2D eigenvalue weighted by molar-refractivity contribution is -0.163. The minimum absolute atomic E-state index is 0.0228. The molecule has 0 bridgehead atoms. The number of likely N-dealkylation sites (N-methyl/N-ethyl adjacent to an activating group) is 3. The summed E-state index contributed by atoms with van der Waals surface area (Å²) in [6.45, 7) is 12.6. The maximum atomic E-state index is 14.4. The fourth-order valence-electron chi connectivity index (χ4n) is 7.31. The molecule has 0 aromatic rings. The SMILES string of the molecule is CC(C)CCC1NC(=O)[C@@H](CCC#N)OC(=O)C(C)N(C)C(=O)CNC(=O)C(CC2CCCCC2)N(C)C(=O)C(CC(C)C)NC(=O)[C@H](CC(C)C)N(C)C1=O. The molecule has 15 nitrogen and oxygen atoms in total. The molecule has 1 heterocycles. The number of nitrogens with one attached hydrogen (secondary N) is 3. The second kappa shape index (κ2) is 23.1. The molecule has 1 aliphatic carbocycles. The molecule has 2 fully saturated rings. The standard InChI is InChI=1S/C41H69N7O8/c1-25(2)18-19-30-39(53)47(9)32(22-27(5)6)37(51)45-31(21-26(3)4)40(54)48(10)33(23-29-15-12-11-13-16-29)36(50)43-24-35(49)46(8)28(7)41(55)56-34(17-14-20-42)38(52)44-30/h25-34H,11-19,21-24H2,1-10H3,(H,43,50)(H,44,52)(H,45,51)/t28?,30?,31?,32-,33?,34+/m0/s1. The molecule has 1 saturated carbocycles. The topological polar surface area (TPSA) is 198 Å². The normalized spacial score (nSPS) is 26.5. The van der Waals surface area contributed by atoms with Crippen molar-refractivity contribution in [3.05, 3.63) is 0 Å². The lowest BCUT2D eigenvalue weighted by Gasteiger charge is -2.36. The van der Waals surface area contributed by atoms with Crippen molar-refractivity contribution in [2.75, 3.05) is 27.7 Å². The van der Waals surface area contributed by atoms with Gasteiger partial charge in [0.25, 0.3) is 5.91 Å². The number of carbonyl (C=O) groups is 7. The first-order valence-electron chi connectivity index (χ1n) is 20.5. The van der Waals surface area contributed by atoms with Crippen LogP contribution in [0.2, 0.25) is 0 Å². The minimum atomic E-state index is -1.45. The van der Waals surface area contributed by atoms with Gasteiger partial charge in [0.1, 0.15) is 30.2 Å². The molecule has 0 aromatic heterocycles. The van der Waals surface area contributed by atoms with E-state index < -0.39 is 84.3 Å². The lowest BCUT2D eigenvalue weighted by atomic mass is 9.84. The summed E-state index contributed by atoms with van der Waals surface area (Å²) >= 11 is 0. The Balaban J connectivity index is 2.70. The number of esters is 1. The maximum absolute atomic E-state index is 14.4. The van der Waals surface area contributed by atoms with E-state index in [1.54, 1.807) is 7.05 Å². The van der Waals surface area contributed by atoms with Crippen LogP contribution in [0.1, 0.15) is 126 Å². The number of nitrogens with zero attached hydrogens (tertiary/aromatic N) is 4. The summed E-state index contributed by atoms with van der Waals surface area (Å²) in [5, 5.41) is 17.7. The molecule has 0 aromatic carbocycles. The number of amides is 6. The van der Waals surface area contributed by atoms with Gasteiger partial charge in [-0.2, -0.15) is 5.26 Å². The maximum Gasteiger partial charge on any atom is 0.329 e. The predicted octanol–water partition coefficient (Wildman–Crippen LogP) is 3.30. The molecule has 1 saturated heterocycles. The quantitative estimate of drug-likeness (QED) is 0.263. The predicted molar refractivity (Wildman–Crippen MR) is 211 cm³/mol. The number of hydrogen-bond donors (Lipinski definition) is 3. The van der Waals surface area contributed by atoms with E-state index in [0.29, 0.717) is 12.8 Å². The first kappa shape index (κ1) is 47.9. The minimum Gasteiger partial charge on any atom is -0.451 e. The van der Waals surface area contributed by atoms with Crippen LogP contribution >= 0.6 is 0 Å². The van der Waals surface area contributed by atoms with Crippen LogP contribution in [0, 0.1) is 35.0 Å². The lowest BCUT2D eigenvalue weighted by Crippen LogP contribution is -2.59. The van der Waals surface area contributed by atoms with Crippen LogP contribution in [0.3, 0.4) is 0 Å². The molecule has 6 atom stereocenters. The third-order valence-corrected chi connectivity index (χ3v) is 11.0. The zero-order valence-corrected chi connectivity index (χ0v) is 35.5. The molecule has 6 amide bonds. The van der Waals surface area contributed by atoms with E-state index in [2.05, 4.69) is 16.0 Å². The molecular weight excluding hydrogens is 718 g/mol. The Morgan fingerprint density at radius 1 is 0.714 bits per heavy atom. The molecule has 3 N–H and O–H groups in total. The molecule has 0 spiro atoms. The van der Waals surface area contributed by atoms with E-state index in [1.165, 1.54) is 30.8 Å². The van der Waals surface area contributed by atoms with Crippen molar-refractivity contribution in [3.8, 4) is 6.07 Å². The second-order valence-corrected chi connectivity index (χ2v) is 17.0. The molecule has 1 aliphatic heterocycles. The summed E-state index contributed by atoms with van der Waals surface area (Å²) in [5.74, 6) is -4.11. The first-order valence-corrected chi connectivity index (χ1v) is 20.5. The van der Waals surface area contributed by atoms with Gasteiger partial charge < -0.3 is 35.4 Å². The average molecular weight is 788 g/mol. The molecule has 316 valence electrons. The highest BCUT2D eigenvalue weighted by Crippen LogP contribution is 2.29. The van der Waals surface area contributed by atoms with Crippen LogP contribution in [-0.2, 0) is 38.3 Å². The number of hydrogen-bond acceptors (Lipinski definition) is 9. The number of ether oxygens (including phenoxy) is 1. The summed E-state index contributed by atoms with van der Waals surface area (Å²) in [7, 11) is 4.41. The smallest absolute Gasteiger partial charge is 0.329 e. The van der Waals surface area contributed by atoms with Crippen molar-refractivity contribution in [1.82, 2.24) is 30.7 Å². The van der Waals surface area contributed by atoms with Crippen molar-refractivity contribution >= 4 is 41.4 Å². The van der Waals surface area contributed by atoms with Gasteiger partial charge in [-0.15, -0.1) is 0 Å². The Morgan fingerprint density at radius 2 is 1.29 bits per heavy atom. The first-order chi connectivity index (χ1) is 26.3. The number of nitriles is 1. The van der Waals surface area contributed by atoms with Crippen molar-refractivity contribution in [2.24, 2.45) is 23.7 Å². The zero-order valence-electron chi connectivity index (χ0n) is 35.5. The largest absolute Gasteiger partial charge is 0.451 e. The summed E-state index contributed by atoms with van der Waals surface area (Å²) in [5.41, 5.74) is 0. The third kappa shape index (κ3) is 14.7. The van der Waals surface area contributed by atoms with Crippen LogP contribution in [0.4, 0.5) is 0 Å². The Hall–Kier alpha value is -4.22. The summed E-state index contributed by atoms with van der Waals surface area (Å²) < 4.78 is 5.60. The van der Waals surface area contributed by atoms with Gasteiger partial charge in [0, 0.05) is 34.0 Å². The zero-order chi connectivity index (χ0) is 42.3. The van der Waals surface area contributed by atoms with Gasteiger partial charge in [-0.05, 0) is 62.7 Å². The number of carbonyl (C=O) groups excluding carboxylic acids is 7. The van der Waals surface area contributed by atoms with Crippen molar-refractivity contribution in [3.63, 3.8) is 0 Å². The molecule has 0 radical (unpaired) electrons. The molecule has 56 heavy (non-hydrogen) atoms. The Bertz CT molecular complexity index is 1410. The van der Waals surface area contributed by atoms with Gasteiger partial charge >= 0.3 is 5.97 Å². The van der Waals surface area contributed by atoms with Crippen LogP contribution in [0.15, 0.2) is 0 Å². The molecule has 2 rings (SSSR count). The van der Waals surface area contributed by atoms with Crippen molar-refractivity contribution in [2.45, 2.75) is 162 Å². The van der Waals surface area contributed by atoms with Gasteiger partial charge in [-0.3, -0.25) is 28.8 Å². The van der Waals surface area contributed by atoms with Crippen LogP contribution in [0.25, 0.3) is 0 Å². The Labute approximate surface area is 334 Å². The van der Waals surface area contributed by atoms with E-state index in [1.807, 2.05) is 47.6 Å². The van der Waals surface area contributed by atoms with E-state index in [-0.39, 0.29) is 55.8 Å². The van der Waals surface area contributed by atoms with Gasteiger partial charge in [-0.25, -0.2) is 4.79 Å². The number of rotatable bonds is 11. The fraction of sp³-hybridized carbons (Fsp3) is 0.805. The number of cyclic esters (lactones) is 1. The highest BCUT2D eigenvalue weighted by Gasteiger charge is 2.39. The molecule has 4 unspecified atom stereocenters. The highest BCUT2D eigenvalue weighted by atomic mass is 16.5. The van der Waals surface area contributed by atoms with Gasteiger partial charge in [0.05, 0.1) is 12.6 Å². The van der Waals surface area contributed by atoms with E-state index in [9.17, 15) is 38.8 Å². The Kier molecular flexibility index (Phi) is 19.8. The average Bonchev–Trinajstić information content (AvgIpc) is 3.15. The van der Waals surface area contributed by atoms with Crippen molar-refractivity contribution in [1.29, 1.82) is 5.26 Å². The molecule has 15 heteroatoms. The summed E-state index contributed by atoms with van der Waals surface area (Å²) in [4.78, 5) is 101. The highest BCUT2D eigenvalue weighted by molar-refractivity contribution is 5.97.